The molecule has 0 radical (unpaired) electrons. The summed E-state index contributed by atoms with van der Waals surface area (Å²) in [7, 11) is 1.98. The predicted molar refractivity (Wildman–Crippen MR) is 93.0 cm³/mol. The molecule has 20 heavy (non-hydrogen) atoms. The summed E-state index contributed by atoms with van der Waals surface area (Å²) < 4.78 is 3.58. The van der Waals surface area contributed by atoms with Crippen LogP contribution >= 0.6 is 22.6 Å². The zero-order valence-electron chi connectivity index (χ0n) is 11.4. The summed E-state index contributed by atoms with van der Waals surface area (Å²) >= 11 is 2.34. The lowest BCUT2D eigenvalue weighted by Gasteiger charge is -2.07. The van der Waals surface area contributed by atoms with Gasteiger partial charge in [0.25, 0.3) is 0 Å². The van der Waals surface area contributed by atoms with E-state index in [4.69, 9.17) is 0 Å². The lowest BCUT2D eigenvalue weighted by atomic mass is 10.1. The molecule has 0 spiro atoms. The van der Waals surface area contributed by atoms with Crippen molar-refractivity contribution in [3.8, 4) is 0 Å². The van der Waals surface area contributed by atoms with Crippen LogP contribution in [0.1, 0.15) is 11.1 Å². The number of nitrogens with zero attached hydrogens (tertiary/aromatic N) is 1. The molecule has 3 aromatic rings. The molecule has 0 aliphatic rings. The van der Waals surface area contributed by atoms with E-state index in [0.29, 0.717) is 0 Å². The molecule has 0 atom stereocenters. The summed E-state index contributed by atoms with van der Waals surface area (Å²) in [4.78, 5) is 0. The third-order valence-electron chi connectivity index (χ3n) is 3.48. The lowest BCUT2D eigenvalue weighted by molar-refractivity contribution is 0.817. The molecule has 0 aliphatic carbocycles. The minimum absolute atomic E-state index is 0.915. The molecule has 2 nitrogen and oxygen atoms in total. The average molecular weight is 376 g/mol. The first-order valence-electron chi connectivity index (χ1n) is 6.73. The van der Waals surface area contributed by atoms with E-state index in [9.17, 15) is 0 Å². The van der Waals surface area contributed by atoms with Crippen LogP contribution < -0.4 is 5.32 Å². The van der Waals surface area contributed by atoms with Gasteiger partial charge >= 0.3 is 0 Å². The number of benzene rings is 2. The van der Waals surface area contributed by atoms with Gasteiger partial charge in [0, 0.05) is 28.4 Å². The molecule has 0 saturated heterocycles. The van der Waals surface area contributed by atoms with Crippen molar-refractivity contribution < 1.29 is 0 Å². The molecule has 102 valence electrons. The van der Waals surface area contributed by atoms with Crippen molar-refractivity contribution in [2.24, 2.45) is 0 Å². The Balaban J connectivity index is 1.90. The van der Waals surface area contributed by atoms with Gasteiger partial charge in [-0.1, -0.05) is 18.2 Å². The molecule has 0 bridgehead atoms. The van der Waals surface area contributed by atoms with Crippen LogP contribution in [0.3, 0.4) is 0 Å². The topological polar surface area (TPSA) is 17.0 Å². The molecule has 3 heteroatoms. The van der Waals surface area contributed by atoms with E-state index >= 15 is 0 Å². The summed E-state index contributed by atoms with van der Waals surface area (Å²) in [5.41, 5.74) is 3.96. The van der Waals surface area contributed by atoms with Crippen LogP contribution in [0.4, 0.5) is 0 Å². The molecule has 0 fully saturated rings. The highest BCUT2D eigenvalue weighted by Gasteiger charge is 2.03. The third kappa shape index (κ3) is 2.88. The number of nitrogens with one attached hydrogen (secondary N) is 1. The maximum Gasteiger partial charge on any atom is 0.0483 e. The fourth-order valence-corrected chi connectivity index (χ4v) is 2.85. The van der Waals surface area contributed by atoms with Crippen LogP contribution in [0.15, 0.2) is 54.7 Å². The minimum atomic E-state index is 0.915. The van der Waals surface area contributed by atoms with Gasteiger partial charge in [0.2, 0.25) is 0 Å². The van der Waals surface area contributed by atoms with Crippen molar-refractivity contribution in [1.29, 1.82) is 0 Å². The molecular weight excluding hydrogens is 359 g/mol. The Morgan fingerprint density at radius 1 is 1.00 bits per heavy atom. The first kappa shape index (κ1) is 13.6. The van der Waals surface area contributed by atoms with Gasteiger partial charge < -0.3 is 9.88 Å². The van der Waals surface area contributed by atoms with Crippen LogP contribution in [-0.4, -0.2) is 11.6 Å². The highest BCUT2D eigenvalue weighted by atomic mass is 127. The number of aromatic nitrogens is 1. The summed E-state index contributed by atoms with van der Waals surface area (Å²) in [6.45, 7) is 1.84. The van der Waals surface area contributed by atoms with Gasteiger partial charge in [-0.15, -0.1) is 0 Å². The smallest absolute Gasteiger partial charge is 0.0483 e. The molecule has 0 aliphatic heterocycles. The van der Waals surface area contributed by atoms with Gasteiger partial charge in [0.05, 0.1) is 0 Å². The summed E-state index contributed by atoms with van der Waals surface area (Å²) in [5, 5.41) is 4.50. The summed E-state index contributed by atoms with van der Waals surface area (Å²) in [6, 6.07) is 17.6. The zero-order chi connectivity index (χ0) is 13.9. The quantitative estimate of drug-likeness (QED) is 0.681. The predicted octanol–water partition coefficient (Wildman–Crippen LogP) is 4.01. The molecule has 1 N–H and O–H groups in total. The van der Waals surface area contributed by atoms with Crippen molar-refractivity contribution in [1.82, 2.24) is 9.88 Å². The Morgan fingerprint density at radius 2 is 1.75 bits per heavy atom. The van der Waals surface area contributed by atoms with Crippen molar-refractivity contribution in [2.45, 2.75) is 13.1 Å². The van der Waals surface area contributed by atoms with Crippen LogP contribution in [0, 0.1) is 3.57 Å². The zero-order valence-corrected chi connectivity index (χ0v) is 13.6. The Hall–Kier alpha value is -1.33. The van der Waals surface area contributed by atoms with Crippen LogP contribution in [-0.2, 0) is 13.1 Å². The summed E-state index contributed by atoms with van der Waals surface area (Å²) in [5.74, 6) is 0. The molecule has 0 saturated carbocycles. The first-order chi connectivity index (χ1) is 9.76. The van der Waals surface area contributed by atoms with E-state index in [1.54, 1.807) is 0 Å². The van der Waals surface area contributed by atoms with Crippen molar-refractivity contribution >= 4 is 33.5 Å². The Kier molecular flexibility index (Phi) is 4.08. The Bertz CT molecular complexity index is 713. The average Bonchev–Trinajstić information content (AvgIpc) is 2.84. The number of halogens is 1. The van der Waals surface area contributed by atoms with Crippen LogP contribution in [0.2, 0.25) is 0 Å². The van der Waals surface area contributed by atoms with E-state index in [2.05, 4.69) is 87.2 Å². The van der Waals surface area contributed by atoms with Gasteiger partial charge in [-0.2, -0.15) is 0 Å². The van der Waals surface area contributed by atoms with Gasteiger partial charge in [0.15, 0.2) is 0 Å². The van der Waals surface area contributed by atoms with Crippen LogP contribution in [0.5, 0.6) is 0 Å². The minimum Gasteiger partial charge on any atom is -0.343 e. The molecular formula is C17H17IN2. The largest absolute Gasteiger partial charge is 0.343 e. The van der Waals surface area contributed by atoms with Gasteiger partial charge in [0.1, 0.15) is 0 Å². The highest BCUT2D eigenvalue weighted by molar-refractivity contribution is 14.1. The molecule has 3 rings (SSSR count). The van der Waals surface area contributed by atoms with Gasteiger partial charge in [-0.3, -0.25) is 0 Å². The second-order valence-corrected chi connectivity index (χ2v) is 6.24. The van der Waals surface area contributed by atoms with Crippen molar-refractivity contribution in [3.05, 3.63) is 69.4 Å². The normalized spacial score (nSPS) is 11.1. The fraction of sp³-hybridized carbons (Fsp3) is 0.176. The van der Waals surface area contributed by atoms with E-state index in [1.165, 1.54) is 25.6 Å². The molecule has 0 amide bonds. The van der Waals surface area contributed by atoms with Crippen molar-refractivity contribution in [2.75, 3.05) is 7.05 Å². The monoisotopic (exact) mass is 376 g/mol. The second kappa shape index (κ2) is 5.97. The highest BCUT2D eigenvalue weighted by Crippen LogP contribution is 2.19. The van der Waals surface area contributed by atoms with E-state index < -0.39 is 0 Å². The van der Waals surface area contributed by atoms with E-state index in [1.807, 2.05) is 7.05 Å². The van der Waals surface area contributed by atoms with E-state index in [-0.39, 0.29) is 0 Å². The molecule has 2 aromatic carbocycles. The Labute approximate surface area is 132 Å². The Morgan fingerprint density at radius 3 is 2.50 bits per heavy atom. The molecule has 1 heterocycles. The SMILES string of the molecule is CNCc1ccc2c(ccn2Cc2ccc(I)cc2)c1. The van der Waals surface area contributed by atoms with E-state index in [0.717, 1.165) is 13.1 Å². The lowest BCUT2D eigenvalue weighted by Crippen LogP contribution is -2.04. The van der Waals surface area contributed by atoms with Crippen LogP contribution in [0.25, 0.3) is 10.9 Å². The standard InChI is InChI=1S/C17H17IN2/c1-19-11-14-4-7-17-15(10-14)8-9-20(17)12-13-2-5-16(18)6-3-13/h2-10,19H,11-12H2,1H3. The maximum atomic E-state index is 3.19. The molecule has 1 aromatic heterocycles. The first-order valence-corrected chi connectivity index (χ1v) is 7.81. The van der Waals surface area contributed by atoms with Gasteiger partial charge in [-0.05, 0) is 76.5 Å². The fourth-order valence-electron chi connectivity index (χ4n) is 2.49. The summed E-state index contributed by atoms with van der Waals surface area (Å²) in [6.07, 6.45) is 2.17. The second-order valence-electron chi connectivity index (χ2n) is 4.99. The number of hydrogen-bond donors (Lipinski definition) is 1. The third-order valence-corrected chi connectivity index (χ3v) is 4.20. The number of rotatable bonds is 4. The number of fused-ring (bicyclic) bond motifs is 1. The van der Waals surface area contributed by atoms with Gasteiger partial charge in [-0.25, -0.2) is 0 Å². The van der Waals surface area contributed by atoms with Crippen molar-refractivity contribution in [3.63, 3.8) is 0 Å². The number of hydrogen-bond acceptors (Lipinski definition) is 1. The molecule has 0 unspecified atom stereocenters. The maximum absolute atomic E-state index is 3.19.